The largest absolute Gasteiger partial charge is 0.354 e. The molecule has 0 aromatic carbocycles. The van der Waals surface area contributed by atoms with Crippen LogP contribution in [0.1, 0.15) is 10.4 Å². The number of hydrogen-bond donors (Lipinski definition) is 1. The van der Waals surface area contributed by atoms with Crippen LogP contribution >= 0.6 is 11.3 Å². The number of carbonyl (C=O) groups excluding carboxylic acids is 3. The molecule has 0 bridgehead atoms. The molecule has 1 N–H and O–H groups in total. The third kappa shape index (κ3) is 4.40. The SMILES string of the molecule is O=C1N=CC=CC1C(=O)NCCN1CCN(C(=O)c2ccsc2)CC1. The number of allylic oxidation sites excluding steroid dienone is 1. The molecule has 7 nitrogen and oxygen atoms in total. The summed E-state index contributed by atoms with van der Waals surface area (Å²) < 4.78 is 0. The Morgan fingerprint density at radius 3 is 2.76 bits per heavy atom. The van der Waals surface area contributed by atoms with Crippen LogP contribution in [0.4, 0.5) is 0 Å². The fourth-order valence-electron chi connectivity index (χ4n) is 2.83. The molecule has 2 aliphatic heterocycles. The van der Waals surface area contributed by atoms with Gasteiger partial charge < -0.3 is 10.2 Å². The number of rotatable bonds is 5. The number of piperazine rings is 1. The Morgan fingerprint density at radius 1 is 1.28 bits per heavy atom. The normalized spacial score (nSPS) is 20.7. The second kappa shape index (κ2) is 8.17. The van der Waals surface area contributed by atoms with Gasteiger partial charge in [0.1, 0.15) is 5.92 Å². The predicted octanol–water partition coefficient (Wildman–Crippen LogP) is 0.406. The lowest BCUT2D eigenvalue weighted by atomic mass is 10.1. The van der Waals surface area contributed by atoms with Gasteiger partial charge in [0, 0.05) is 50.9 Å². The smallest absolute Gasteiger partial charge is 0.262 e. The van der Waals surface area contributed by atoms with Gasteiger partial charge >= 0.3 is 0 Å². The molecule has 1 saturated heterocycles. The average Bonchev–Trinajstić information content (AvgIpc) is 3.16. The van der Waals surface area contributed by atoms with Gasteiger partial charge in [0.2, 0.25) is 5.91 Å². The van der Waals surface area contributed by atoms with E-state index in [1.54, 1.807) is 12.2 Å². The minimum absolute atomic E-state index is 0.0809. The first-order chi connectivity index (χ1) is 12.1. The van der Waals surface area contributed by atoms with Crippen LogP contribution in [0.3, 0.4) is 0 Å². The Hall–Kier alpha value is -2.32. The number of carbonyl (C=O) groups is 3. The van der Waals surface area contributed by atoms with Crippen molar-refractivity contribution in [3.05, 3.63) is 34.5 Å². The molecule has 2 aliphatic rings. The van der Waals surface area contributed by atoms with Crippen molar-refractivity contribution in [3.63, 3.8) is 0 Å². The van der Waals surface area contributed by atoms with Crippen LogP contribution in [0.5, 0.6) is 0 Å². The lowest BCUT2D eigenvalue weighted by Gasteiger charge is -2.34. The van der Waals surface area contributed by atoms with Gasteiger partial charge in [-0.2, -0.15) is 11.3 Å². The molecule has 25 heavy (non-hydrogen) atoms. The summed E-state index contributed by atoms with van der Waals surface area (Å²) in [7, 11) is 0. The summed E-state index contributed by atoms with van der Waals surface area (Å²) in [6, 6.07) is 1.85. The van der Waals surface area contributed by atoms with Crippen LogP contribution in [0.2, 0.25) is 0 Å². The minimum Gasteiger partial charge on any atom is -0.354 e. The summed E-state index contributed by atoms with van der Waals surface area (Å²) in [5, 5.41) is 6.56. The zero-order valence-corrected chi connectivity index (χ0v) is 14.6. The number of hydrogen-bond acceptors (Lipinski definition) is 5. The molecule has 132 valence electrons. The molecule has 0 spiro atoms. The van der Waals surface area contributed by atoms with E-state index in [1.807, 2.05) is 21.7 Å². The van der Waals surface area contributed by atoms with Gasteiger partial charge in [0.15, 0.2) is 0 Å². The predicted molar refractivity (Wildman–Crippen MR) is 95.8 cm³/mol. The molecule has 1 aromatic rings. The summed E-state index contributed by atoms with van der Waals surface area (Å²) in [6.07, 6.45) is 4.55. The molecule has 3 rings (SSSR count). The van der Waals surface area contributed by atoms with E-state index >= 15 is 0 Å². The summed E-state index contributed by atoms with van der Waals surface area (Å²) in [6.45, 7) is 4.08. The maximum Gasteiger partial charge on any atom is 0.262 e. The van der Waals surface area contributed by atoms with E-state index in [0.717, 1.165) is 18.7 Å². The van der Waals surface area contributed by atoms with E-state index in [2.05, 4.69) is 15.2 Å². The minimum atomic E-state index is -0.815. The quantitative estimate of drug-likeness (QED) is 0.771. The topological polar surface area (TPSA) is 82.1 Å². The van der Waals surface area contributed by atoms with Crippen molar-refractivity contribution in [2.45, 2.75) is 0 Å². The second-order valence-corrected chi connectivity index (χ2v) is 6.70. The van der Waals surface area contributed by atoms with Gasteiger partial charge in [0.25, 0.3) is 11.8 Å². The van der Waals surface area contributed by atoms with Crippen molar-refractivity contribution in [3.8, 4) is 0 Å². The van der Waals surface area contributed by atoms with Gasteiger partial charge in [-0.15, -0.1) is 0 Å². The van der Waals surface area contributed by atoms with Crippen LogP contribution in [0, 0.1) is 5.92 Å². The maximum absolute atomic E-state index is 12.3. The molecule has 8 heteroatoms. The lowest BCUT2D eigenvalue weighted by Crippen LogP contribution is -2.50. The Morgan fingerprint density at radius 2 is 2.08 bits per heavy atom. The third-order valence-corrected chi connectivity index (χ3v) is 4.98. The van der Waals surface area contributed by atoms with Crippen molar-refractivity contribution in [2.75, 3.05) is 39.3 Å². The number of aliphatic imine (C=N–C) groups is 1. The number of thiophene rings is 1. The van der Waals surface area contributed by atoms with Gasteiger partial charge in [0.05, 0.1) is 5.56 Å². The van der Waals surface area contributed by atoms with Crippen molar-refractivity contribution < 1.29 is 14.4 Å². The standard InChI is InChI=1S/C17H20N4O3S/c22-15-14(2-1-4-18-15)16(23)19-5-6-20-7-9-21(10-8-20)17(24)13-3-11-25-12-13/h1-4,11-12,14H,5-10H2,(H,19,23). The highest BCUT2D eigenvalue weighted by molar-refractivity contribution is 7.08. The fraction of sp³-hybridized carbons (Fsp3) is 0.412. The molecule has 0 radical (unpaired) electrons. The van der Waals surface area contributed by atoms with E-state index < -0.39 is 11.8 Å². The van der Waals surface area contributed by atoms with Gasteiger partial charge in [-0.05, 0) is 17.5 Å². The molecular weight excluding hydrogens is 340 g/mol. The summed E-state index contributed by atoms with van der Waals surface area (Å²) in [5.74, 6) is -1.48. The van der Waals surface area contributed by atoms with E-state index in [4.69, 9.17) is 0 Å². The van der Waals surface area contributed by atoms with Crippen molar-refractivity contribution in [2.24, 2.45) is 10.9 Å². The van der Waals surface area contributed by atoms with Gasteiger partial charge in [-0.1, -0.05) is 6.08 Å². The summed E-state index contributed by atoms with van der Waals surface area (Å²) in [4.78, 5) is 43.5. The number of nitrogens with zero attached hydrogens (tertiary/aromatic N) is 3. The first-order valence-electron chi connectivity index (χ1n) is 8.21. The van der Waals surface area contributed by atoms with Crippen molar-refractivity contribution >= 4 is 35.3 Å². The first-order valence-corrected chi connectivity index (χ1v) is 9.15. The Bertz CT molecular complexity index is 691. The van der Waals surface area contributed by atoms with Gasteiger partial charge in [-0.3, -0.25) is 19.3 Å². The van der Waals surface area contributed by atoms with Crippen molar-refractivity contribution in [1.29, 1.82) is 0 Å². The van der Waals surface area contributed by atoms with Gasteiger partial charge in [-0.25, -0.2) is 4.99 Å². The monoisotopic (exact) mass is 360 g/mol. The number of amides is 3. The molecule has 1 fully saturated rings. The molecular formula is C17H20N4O3S. The van der Waals surface area contributed by atoms with Crippen LogP contribution in [-0.2, 0) is 9.59 Å². The van der Waals surface area contributed by atoms with Crippen LogP contribution < -0.4 is 5.32 Å². The number of nitrogens with one attached hydrogen (secondary N) is 1. The van der Waals surface area contributed by atoms with Crippen molar-refractivity contribution in [1.82, 2.24) is 15.1 Å². The third-order valence-electron chi connectivity index (χ3n) is 4.29. The highest BCUT2D eigenvalue weighted by Crippen LogP contribution is 2.12. The molecule has 1 atom stereocenters. The van der Waals surface area contributed by atoms with E-state index in [9.17, 15) is 14.4 Å². The lowest BCUT2D eigenvalue weighted by molar-refractivity contribution is -0.131. The Balaban J connectivity index is 1.37. The van der Waals surface area contributed by atoms with E-state index in [1.165, 1.54) is 17.6 Å². The molecule has 0 aliphatic carbocycles. The summed E-state index contributed by atoms with van der Waals surface area (Å²) >= 11 is 1.52. The fourth-order valence-corrected chi connectivity index (χ4v) is 3.46. The van der Waals surface area contributed by atoms with E-state index in [-0.39, 0.29) is 11.8 Å². The average molecular weight is 360 g/mol. The first kappa shape index (κ1) is 17.5. The second-order valence-electron chi connectivity index (χ2n) is 5.92. The molecule has 3 heterocycles. The Labute approximate surface area is 150 Å². The van der Waals surface area contributed by atoms with Crippen LogP contribution in [0.15, 0.2) is 34.0 Å². The molecule has 1 aromatic heterocycles. The summed E-state index contributed by atoms with van der Waals surface area (Å²) in [5.41, 5.74) is 0.749. The molecule has 0 saturated carbocycles. The highest BCUT2D eigenvalue weighted by Gasteiger charge is 2.25. The molecule has 1 unspecified atom stereocenters. The van der Waals surface area contributed by atoms with Crippen LogP contribution in [0.25, 0.3) is 0 Å². The highest BCUT2D eigenvalue weighted by atomic mass is 32.1. The zero-order valence-electron chi connectivity index (χ0n) is 13.8. The maximum atomic E-state index is 12.3. The number of dihydropyridines is 1. The zero-order chi connectivity index (χ0) is 17.6. The Kier molecular flexibility index (Phi) is 5.72. The van der Waals surface area contributed by atoms with Crippen LogP contribution in [-0.4, -0.2) is 73.0 Å². The van der Waals surface area contributed by atoms with E-state index in [0.29, 0.717) is 26.2 Å². The molecule has 3 amide bonds.